The summed E-state index contributed by atoms with van der Waals surface area (Å²) >= 11 is -3.61. The average Bonchev–Trinajstić information content (AvgIpc) is 1.71. The Morgan fingerprint density at radius 3 is 1.17 bits per heavy atom. The monoisotopic (exact) mass is 244 g/mol. The normalized spacial score (nSPS) is 7.00. The van der Waals surface area contributed by atoms with Gasteiger partial charge in [0.25, 0.3) is 0 Å². The molecular formula is CH3Na3O6S2. The molecule has 0 saturated heterocycles. The largest absolute Gasteiger partial charge is 1.00 e. The zero-order valence-corrected chi connectivity index (χ0v) is 14.6. The van der Waals surface area contributed by atoms with E-state index in [1.807, 2.05) is 6.79 Å². The van der Waals surface area contributed by atoms with E-state index < -0.39 is 23.7 Å². The predicted molar refractivity (Wildman–Crippen MR) is 27.8 cm³/mol. The standard InChI is InChI=1S/CH2O.3Na.H2O3S.H2O2S/c1-2;;;;1-4(2)3;1-3-2/h1H2;;;;(H2,1,2,3);1-2H/q;3*+1;;/p-3. The van der Waals surface area contributed by atoms with Crippen molar-refractivity contribution in [2.24, 2.45) is 0 Å². The predicted octanol–water partition coefficient (Wildman–Crippen LogP) is -9.85. The molecule has 0 aliphatic heterocycles. The van der Waals surface area contributed by atoms with Gasteiger partial charge in [-0.1, -0.05) is 0 Å². The number of hydrogen-bond donors (Lipinski definition) is 1. The summed E-state index contributed by atoms with van der Waals surface area (Å²) < 4.78 is 40.7. The number of hydrogen-bond acceptors (Lipinski definition) is 6. The minimum atomic E-state index is -2.86. The molecular weight excluding hydrogens is 241 g/mol. The Bertz CT molecular complexity index is 60.8. The van der Waals surface area contributed by atoms with Gasteiger partial charge >= 0.3 is 88.7 Å². The molecule has 0 amide bonds. The third kappa shape index (κ3) is 207. The van der Waals surface area contributed by atoms with Crippen LogP contribution in [-0.2, 0) is 16.2 Å². The van der Waals surface area contributed by atoms with E-state index in [1.54, 1.807) is 0 Å². The van der Waals surface area contributed by atoms with E-state index >= 15 is 0 Å². The van der Waals surface area contributed by atoms with Gasteiger partial charge < -0.3 is 35.3 Å². The number of carbonyl (C=O) groups is 1. The summed E-state index contributed by atoms with van der Waals surface area (Å²) in [6.45, 7) is 2.00. The molecule has 0 fully saturated rings. The minimum absolute atomic E-state index is 0. The van der Waals surface area contributed by atoms with E-state index in [1.165, 1.54) is 0 Å². The summed E-state index contributed by atoms with van der Waals surface area (Å²) in [7, 11) is 0. The van der Waals surface area contributed by atoms with Crippen molar-refractivity contribution in [2.45, 2.75) is 0 Å². The van der Waals surface area contributed by atoms with E-state index in [4.69, 9.17) is 27.2 Å². The first-order valence-corrected chi connectivity index (χ1v) is 2.84. The topological polar surface area (TPSA) is 124 Å². The van der Waals surface area contributed by atoms with Crippen LogP contribution >= 0.6 is 12.3 Å². The van der Waals surface area contributed by atoms with Crippen LogP contribution in [0.25, 0.3) is 0 Å². The van der Waals surface area contributed by atoms with Gasteiger partial charge in [0.1, 0.15) is 6.79 Å². The van der Waals surface area contributed by atoms with Crippen LogP contribution in [0.15, 0.2) is 0 Å². The van der Waals surface area contributed by atoms with Crippen LogP contribution in [0.4, 0.5) is 0 Å². The van der Waals surface area contributed by atoms with Crippen LogP contribution in [-0.4, -0.2) is 29.2 Å². The first kappa shape index (κ1) is 36.3. The molecule has 0 aromatic heterocycles. The molecule has 11 heteroatoms. The van der Waals surface area contributed by atoms with E-state index in [9.17, 15) is 0 Å². The number of rotatable bonds is 0. The van der Waals surface area contributed by atoms with Crippen LogP contribution in [0.3, 0.4) is 0 Å². The number of carbonyl (C=O) groups excluding carboxylic acids is 1. The minimum Gasteiger partial charge on any atom is -0.811 e. The van der Waals surface area contributed by atoms with Gasteiger partial charge in [-0.25, -0.2) is 4.21 Å². The molecule has 0 aliphatic carbocycles. The molecule has 0 aliphatic rings. The molecule has 58 valence electrons. The quantitative estimate of drug-likeness (QED) is 0.255. The van der Waals surface area contributed by atoms with Gasteiger partial charge in [0, 0.05) is 0 Å². The van der Waals surface area contributed by atoms with E-state index in [2.05, 4.69) is 0 Å². The Morgan fingerprint density at radius 1 is 1.17 bits per heavy atom. The average molecular weight is 244 g/mol. The summed E-state index contributed by atoms with van der Waals surface area (Å²) in [5.74, 6) is 0. The Kier molecular flexibility index (Phi) is 146. The van der Waals surface area contributed by atoms with Crippen LogP contribution < -0.4 is 88.7 Å². The summed E-state index contributed by atoms with van der Waals surface area (Å²) in [6.07, 6.45) is 0. The van der Waals surface area contributed by atoms with Gasteiger partial charge in [-0.15, -0.1) is 0 Å². The first-order chi connectivity index (χ1) is 4.15. The Hall–Kier alpha value is 3.01. The second kappa shape index (κ2) is 48.3. The van der Waals surface area contributed by atoms with Crippen molar-refractivity contribution < 1.29 is 116 Å². The molecule has 12 heavy (non-hydrogen) atoms. The molecule has 0 radical (unpaired) electrons. The van der Waals surface area contributed by atoms with Gasteiger partial charge in [-0.05, 0) is 0 Å². The molecule has 0 aromatic rings. The molecule has 1 N–H and O–H groups in total. The molecule has 1 atom stereocenters. The fourth-order valence-corrected chi connectivity index (χ4v) is 0. The van der Waals surface area contributed by atoms with Crippen LogP contribution in [0.5, 0.6) is 0 Å². The van der Waals surface area contributed by atoms with Crippen molar-refractivity contribution in [3.05, 3.63) is 0 Å². The van der Waals surface area contributed by atoms with Gasteiger partial charge in [-0.3, -0.25) is 0 Å². The summed E-state index contributed by atoms with van der Waals surface area (Å²) in [4.78, 5) is 8.00. The van der Waals surface area contributed by atoms with Crippen molar-refractivity contribution in [3.63, 3.8) is 0 Å². The van der Waals surface area contributed by atoms with Crippen molar-refractivity contribution in [1.29, 1.82) is 0 Å². The second-order valence-electron chi connectivity index (χ2n) is 0.285. The molecule has 1 unspecified atom stereocenters. The molecule has 0 bridgehead atoms. The van der Waals surface area contributed by atoms with Crippen LogP contribution in [0.2, 0.25) is 0 Å². The molecule has 0 spiro atoms. The molecule has 0 rings (SSSR count). The third-order valence-corrected chi connectivity index (χ3v) is 0. The zero-order chi connectivity index (χ0) is 8.28. The van der Waals surface area contributed by atoms with Gasteiger partial charge in [-0.2, -0.15) is 0 Å². The Labute approximate surface area is 144 Å². The van der Waals surface area contributed by atoms with Gasteiger partial charge in [0.2, 0.25) is 0 Å². The van der Waals surface area contributed by atoms with Crippen molar-refractivity contribution in [3.8, 4) is 0 Å². The molecule has 6 nitrogen and oxygen atoms in total. The Balaban J connectivity index is -0.0000000105. The van der Waals surface area contributed by atoms with Gasteiger partial charge in [0.05, 0.1) is 11.4 Å². The summed E-state index contributed by atoms with van der Waals surface area (Å²) in [5.41, 5.74) is 0. The fourth-order valence-electron chi connectivity index (χ4n) is 0. The first-order valence-electron chi connectivity index (χ1n) is 1.14. The van der Waals surface area contributed by atoms with Crippen LogP contribution in [0, 0.1) is 0 Å². The molecule has 0 saturated carbocycles. The second-order valence-corrected chi connectivity index (χ2v) is 0.855. The van der Waals surface area contributed by atoms with Crippen molar-refractivity contribution in [2.75, 3.05) is 0 Å². The third-order valence-electron chi connectivity index (χ3n) is 0. The van der Waals surface area contributed by atoms with E-state index in [-0.39, 0.29) is 88.7 Å². The maximum absolute atomic E-state index is 8.56. The van der Waals surface area contributed by atoms with Crippen LogP contribution in [0.1, 0.15) is 0 Å². The summed E-state index contributed by atoms with van der Waals surface area (Å²) in [5, 5.41) is 0. The van der Waals surface area contributed by atoms with Crippen molar-refractivity contribution in [1.82, 2.24) is 0 Å². The zero-order valence-electron chi connectivity index (χ0n) is 7.01. The Morgan fingerprint density at radius 2 is 1.17 bits per heavy atom. The van der Waals surface area contributed by atoms with Gasteiger partial charge in [0.15, 0.2) is 0 Å². The van der Waals surface area contributed by atoms with E-state index in [0.717, 1.165) is 0 Å². The van der Waals surface area contributed by atoms with Crippen molar-refractivity contribution >= 4 is 30.5 Å². The SMILES string of the molecule is C=O.O=S([O-])O.[Na+].[Na+].[Na+].[O-]S[O-]. The maximum Gasteiger partial charge on any atom is 1.00 e. The fraction of sp³-hybridized carbons (Fsp3) is 0. The molecule has 0 aromatic carbocycles. The smallest absolute Gasteiger partial charge is 0.811 e. The molecule has 0 heterocycles. The maximum atomic E-state index is 8.56. The van der Waals surface area contributed by atoms with E-state index in [0.29, 0.717) is 0 Å². The summed E-state index contributed by atoms with van der Waals surface area (Å²) in [6, 6.07) is 0.